The Hall–Kier alpha value is -1.55. The summed E-state index contributed by atoms with van der Waals surface area (Å²) < 4.78 is 10.5. The van der Waals surface area contributed by atoms with Crippen molar-refractivity contribution in [2.75, 3.05) is 13.2 Å². The van der Waals surface area contributed by atoms with Crippen LogP contribution < -0.4 is 4.74 Å². The smallest absolute Gasteiger partial charge is 0.181 e. The van der Waals surface area contributed by atoms with E-state index >= 15 is 0 Å². The minimum Gasteiger partial charge on any atom is -0.493 e. The molecule has 1 aromatic heterocycles. The third-order valence-corrected chi connectivity index (χ3v) is 1.87. The maximum atomic E-state index is 8.57. The summed E-state index contributed by atoms with van der Waals surface area (Å²) in [5, 5.41) is 8.57. The Balaban J connectivity index is 2.10. The quantitative estimate of drug-likeness (QED) is 0.749. The second-order valence-electron chi connectivity index (χ2n) is 2.91. The average molecular weight is 193 g/mol. The lowest BCUT2D eigenvalue weighted by Crippen LogP contribution is -1.99. The number of ether oxygens (including phenoxy) is 1. The predicted molar refractivity (Wildman–Crippen MR) is 51.2 cm³/mol. The van der Waals surface area contributed by atoms with Gasteiger partial charge in [0.15, 0.2) is 12.0 Å². The van der Waals surface area contributed by atoms with Crippen LogP contribution in [0.2, 0.25) is 0 Å². The summed E-state index contributed by atoms with van der Waals surface area (Å²) in [6.07, 6.45) is 2.04. The molecule has 0 unspecified atom stereocenters. The van der Waals surface area contributed by atoms with Gasteiger partial charge in [-0.05, 0) is 12.1 Å². The van der Waals surface area contributed by atoms with E-state index in [1.54, 1.807) is 6.07 Å². The third-order valence-electron chi connectivity index (χ3n) is 1.87. The second-order valence-corrected chi connectivity index (χ2v) is 2.91. The van der Waals surface area contributed by atoms with Crippen molar-refractivity contribution < 1.29 is 14.3 Å². The van der Waals surface area contributed by atoms with Gasteiger partial charge in [-0.3, -0.25) is 0 Å². The molecule has 1 N–H and O–H groups in total. The molecule has 0 bridgehead atoms. The Labute approximate surface area is 81.1 Å². The fraction of sp³-hybridized carbons (Fsp3) is 0.300. The summed E-state index contributed by atoms with van der Waals surface area (Å²) >= 11 is 0. The highest BCUT2D eigenvalue weighted by molar-refractivity contribution is 5.73. The first-order valence-corrected chi connectivity index (χ1v) is 4.47. The van der Waals surface area contributed by atoms with E-state index in [9.17, 15) is 0 Å². The summed E-state index contributed by atoms with van der Waals surface area (Å²) in [5.41, 5.74) is 1.53. The summed E-state index contributed by atoms with van der Waals surface area (Å²) in [4.78, 5) is 3.99. The number of aliphatic hydroxyl groups excluding tert-OH is 1. The minimum absolute atomic E-state index is 0.143. The zero-order chi connectivity index (χ0) is 9.80. The van der Waals surface area contributed by atoms with Gasteiger partial charge in [0.25, 0.3) is 0 Å². The van der Waals surface area contributed by atoms with Crippen LogP contribution >= 0.6 is 0 Å². The first-order chi connectivity index (χ1) is 6.90. The molecule has 0 aliphatic carbocycles. The largest absolute Gasteiger partial charge is 0.493 e. The topological polar surface area (TPSA) is 55.5 Å². The molecule has 0 saturated carbocycles. The fourth-order valence-electron chi connectivity index (χ4n) is 1.18. The summed E-state index contributed by atoms with van der Waals surface area (Å²) in [5.74, 6) is 0.739. The van der Waals surface area contributed by atoms with Crippen molar-refractivity contribution in [3.05, 3.63) is 24.6 Å². The van der Waals surface area contributed by atoms with Crippen LogP contribution in [0.15, 0.2) is 29.0 Å². The molecule has 0 fully saturated rings. The van der Waals surface area contributed by atoms with Crippen LogP contribution in [0.4, 0.5) is 0 Å². The van der Waals surface area contributed by atoms with Crippen LogP contribution in [0.1, 0.15) is 6.42 Å². The molecule has 0 spiro atoms. The molecule has 2 aromatic rings. The van der Waals surface area contributed by atoms with Crippen molar-refractivity contribution in [3.63, 3.8) is 0 Å². The van der Waals surface area contributed by atoms with Gasteiger partial charge in [-0.1, -0.05) is 0 Å². The predicted octanol–water partition coefficient (Wildman–Crippen LogP) is 1.59. The number of hydrogen-bond acceptors (Lipinski definition) is 4. The Bertz CT molecular complexity index is 410. The Kier molecular flexibility index (Phi) is 2.65. The van der Waals surface area contributed by atoms with E-state index in [0.29, 0.717) is 18.6 Å². The van der Waals surface area contributed by atoms with Gasteiger partial charge in [0.2, 0.25) is 0 Å². The normalized spacial score (nSPS) is 10.6. The molecule has 1 aromatic carbocycles. The average Bonchev–Trinajstić information content (AvgIpc) is 2.65. The van der Waals surface area contributed by atoms with Crippen LogP contribution in [-0.2, 0) is 0 Å². The van der Waals surface area contributed by atoms with Crippen LogP contribution in [0, 0.1) is 0 Å². The lowest BCUT2D eigenvalue weighted by Gasteiger charge is -2.03. The summed E-state index contributed by atoms with van der Waals surface area (Å²) in [7, 11) is 0. The SMILES string of the molecule is OCCCOc1ccc2ncoc2c1. The first kappa shape index (κ1) is 9.02. The van der Waals surface area contributed by atoms with Gasteiger partial charge in [-0.15, -0.1) is 0 Å². The number of benzene rings is 1. The molecule has 0 amide bonds. The van der Waals surface area contributed by atoms with E-state index < -0.39 is 0 Å². The van der Waals surface area contributed by atoms with E-state index in [-0.39, 0.29) is 6.61 Å². The molecule has 2 rings (SSSR count). The van der Waals surface area contributed by atoms with Gasteiger partial charge in [0.05, 0.1) is 6.61 Å². The minimum atomic E-state index is 0.143. The van der Waals surface area contributed by atoms with Crippen molar-refractivity contribution in [1.82, 2.24) is 4.98 Å². The van der Waals surface area contributed by atoms with Crippen molar-refractivity contribution in [2.24, 2.45) is 0 Å². The Morgan fingerprint density at radius 1 is 1.43 bits per heavy atom. The van der Waals surface area contributed by atoms with Gasteiger partial charge in [-0.2, -0.15) is 0 Å². The molecule has 4 nitrogen and oxygen atoms in total. The summed E-state index contributed by atoms with van der Waals surface area (Å²) in [6.45, 7) is 0.653. The van der Waals surface area contributed by atoms with Gasteiger partial charge >= 0.3 is 0 Å². The highest BCUT2D eigenvalue weighted by atomic mass is 16.5. The molecule has 0 radical (unpaired) electrons. The number of hydrogen-bond donors (Lipinski definition) is 1. The number of rotatable bonds is 4. The van der Waals surface area contributed by atoms with Crippen LogP contribution in [0.3, 0.4) is 0 Å². The Morgan fingerprint density at radius 2 is 2.36 bits per heavy atom. The van der Waals surface area contributed by atoms with Gasteiger partial charge in [0.1, 0.15) is 11.3 Å². The number of aromatic nitrogens is 1. The van der Waals surface area contributed by atoms with E-state index in [0.717, 1.165) is 11.3 Å². The Morgan fingerprint density at radius 3 is 3.21 bits per heavy atom. The van der Waals surface area contributed by atoms with E-state index in [1.165, 1.54) is 6.39 Å². The summed E-state index contributed by atoms with van der Waals surface area (Å²) in [6, 6.07) is 5.47. The first-order valence-electron chi connectivity index (χ1n) is 4.47. The second kappa shape index (κ2) is 4.11. The van der Waals surface area contributed by atoms with Crippen LogP contribution in [0.25, 0.3) is 11.1 Å². The van der Waals surface area contributed by atoms with Crippen molar-refractivity contribution >= 4 is 11.1 Å². The number of oxazole rings is 1. The van der Waals surface area contributed by atoms with E-state index in [2.05, 4.69) is 4.98 Å². The number of fused-ring (bicyclic) bond motifs is 1. The lowest BCUT2D eigenvalue weighted by atomic mass is 10.3. The zero-order valence-electron chi connectivity index (χ0n) is 7.64. The van der Waals surface area contributed by atoms with Crippen LogP contribution in [0.5, 0.6) is 5.75 Å². The van der Waals surface area contributed by atoms with Gasteiger partial charge in [0, 0.05) is 19.1 Å². The molecular formula is C10H11NO3. The molecule has 4 heteroatoms. The maximum Gasteiger partial charge on any atom is 0.181 e. The monoisotopic (exact) mass is 193 g/mol. The molecule has 74 valence electrons. The number of nitrogens with zero attached hydrogens (tertiary/aromatic N) is 1. The molecule has 1 heterocycles. The molecule has 14 heavy (non-hydrogen) atoms. The van der Waals surface area contributed by atoms with Gasteiger partial charge in [-0.25, -0.2) is 4.98 Å². The van der Waals surface area contributed by atoms with Crippen molar-refractivity contribution in [1.29, 1.82) is 0 Å². The molecule has 0 atom stereocenters. The third kappa shape index (κ3) is 1.85. The molecule has 0 aliphatic rings. The van der Waals surface area contributed by atoms with Crippen LogP contribution in [-0.4, -0.2) is 23.3 Å². The van der Waals surface area contributed by atoms with E-state index in [1.807, 2.05) is 12.1 Å². The zero-order valence-corrected chi connectivity index (χ0v) is 7.64. The lowest BCUT2D eigenvalue weighted by molar-refractivity contribution is 0.233. The number of aliphatic hydroxyl groups is 1. The van der Waals surface area contributed by atoms with Crippen molar-refractivity contribution in [3.8, 4) is 5.75 Å². The highest BCUT2D eigenvalue weighted by Crippen LogP contribution is 2.19. The maximum absolute atomic E-state index is 8.57. The van der Waals surface area contributed by atoms with E-state index in [4.69, 9.17) is 14.3 Å². The standard InChI is InChI=1S/C10H11NO3/c12-4-1-5-13-8-2-3-9-10(6-8)14-7-11-9/h2-3,6-7,12H,1,4-5H2. The molecular weight excluding hydrogens is 182 g/mol. The molecule has 0 saturated heterocycles. The molecule has 0 aliphatic heterocycles. The van der Waals surface area contributed by atoms with Gasteiger partial charge < -0.3 is 14.3 Å². The highest BCUT2D eigenvalue weighted by Gasteiger charge is 2.00. The fourth-order valence-corrected chi connectivity index (χ4v) is 1.18. The van der Waals surface area contributed by atoms with Crippen molar-refractivity contribution in [2.45, 2.75) is 6.42 Å².